The number of halogens is 1. The molecule has 3 heterocycles. The summed E-state index contributed by atoms with van der Waals surface area (Å²) in [6, 6.07) is 1.01. The highest BCUT2D eigenvalue weighted by atomic mass is 35.5. The average Bonchev–Trinajstić information content (AvgIpc) is 3.38. The predicted molar refractivity (Wildman–Crippen MR) is 124 cm³/mol. The zero-order valence-electron chi connectivity index (χ0n) is 18.8. The molecule has 3 atom stereocenters. The third-order valence-electron chi connectivity index (χ3n) is 5.88. The number of hydrogen-bond donors (Lipinski definition) is 2. The van der Waals surface area contributed by atoms with Gasteiger partial charge in [0.25, 0.3) is 0 Å². The van der Waals surface area contributed by atoms with Crippen LogP contribution >= 0.6 is 11.6 Å². The molecule has 1 aromatic rings. The van der Waals surface area contributed by atoms with E-state index in [0.717, 1.165) is 12.5 Å². The van der Waals surface area contributed by atoms with Crippen LogP contribution in [0, 0.1) is 0 Å². The topological polar surface area (TPSA) is 121 Å². The van der Waals surface area contributed by atoms with Gasteiger partial charge in [-0.25, -0.2) is 4.79 Å². The lowest BCUT2D eigenvalue weighted by Crippen LogP contribution is -2.28. The average molecular weight is 491 g/mol. The summed E-state index contributed by atoms with van der Waals surface area (Å²) in [7, 11) is 0. The number of likely N-dealkylation sites (tertiary alicyclic amines) is 1. The minimum absolute atomic E-state index is 0.0187. The van der Waals surface area contributed by atoms with Gasteiger partial charge in [-0.15, -0.1) is 0 Å². The molecule has 0 spiro atoms. The number of esters is 1. The van der Waals surface area contributed by atoms with Gasteiger partial charge < -0.3 is 29.4 Å². The van der Waals surface area contributed by atoms with E-state index in [0.29, 0.717) is 31.6 Å². The number of rotatable bonds is 4. The molecule has 182 valence electrons. The van der Waals surface area contributed by atoms with Crippen molar-refractivity contribution < 1.29 is 34.1 Å². The quantitative estimate of drug-likeness (QED) is 0.288. The van der Waals surface area contributed by atoms with Gasteiger partial charge in [-0.1, -0.05) is 35.0 Å². The van der Waals surface area contributed by atoms with Gasteiger partial charge in [-0.3, -0.25) is 4.79 Å². The lowest BCUT2D eigenvalue weighted by Gasteiger charge is -2.17. The second-order valence-corrected chi connectivity index (χ2v) is 8.87. The van der Waals surface area contributed by atoms with Crippen LogP contribution in [-0.4, -0.2) is 70.7 Å². The molecule has 3 unspecified atom stereocenters. The first-order valence-corrected chi connectivity index (χ1v) is 11.6. The third kappa shape index (κ3) is 5.71. The fourth-order valence-electron chi connectivity index (χ4n) is 4.07. The summed E-state index contributed by atoms with van der Waals surface area (Å²) in [5.74, 6) is -1.48. The van der Waals surface area contributed by atoms with Crippen molar-refractivity contribution in [2.24, 2.45) is 5.16 Å². The molecule has 1 amide bonds. The number of ether oxygens (including phenoxy) is 2. The molecule has 4 rings (SSSR count). The molecule has 10 heteroatoms. The van der Waals surface area contributed by atoms with Crippen molar-refractivity contribution in [1.29, 1.82) is 0 Å². The Morgan fingerprint density at radius 3 is 2.85 bits per heavy atom. The summed E-state index contributed by atoms with van der Waals surface area (Å²) in [6.45, 7) is 3.07. The minimum atomic E-state index is -0.761. The minimum Gasteiger partial charge on any atom is -0.507 e. The van der Waals surface area contributed by atoms with Crippen molar-refractivity contribution in [3.8, 4) is 11.5 Å². The number of cyclic esters (lactones) is 1. The summed E-state index contributed by atoms with van der Waals surface area (Å²) in [5.41, 5.74) is 0.413. The van der Waals surface area contributed by atoms with Crippen LogP contribution in [0.5, 0.6) is 11.5 Å². The first kappa shape index (κ1) is 24.1. The molecule has 1 aromatic carbocycles. The lowest BCUT2D eigenvalue weighted by atomic mass is 9.99. The van der Waals surface area contributed by atoms with E-state index in [-0.39, 0.29) is 53.0 Å². The van der Waals surface area contributed by atoms with Crippen molar-refractivity contribution in [2.45, 2.75) is 50.9 Å². The van der Waals surface area contributed by atoms with Gasteiger partial charge in [0.1, 0.15) is 35.9 Å². The fourth-order valence-corrected chi connectivity index (χ4v) is 4.29. The van der Waals surface area contributed by atoms with E-state index in [4.69, 9.17) is 25.9 Å². The van der Waals surface area contributed by atoms with Crippen molar-refractivity contribution in [3.63, 3.8) is 0 Å². The molecule has 0 radical (unpaired) electrons. The van der Waals surface area contributed by atoms with E-state index in [1.54, 1.807) is 24.0 Å². The van der Waals surface area contributed by atoms with E-state index in [2.05, 4.69) is 5.16 Å². The van der Waals surface area contributed by atoms with Crippen molar-refractivity contribution in [2.75, 3.05) is 19.7 Å². The first-order chi connectivity index (χ1) is 16.3. The molecule has 3 aliphatic heterocycles. The third-order valence-corrected chi connectivity index (χ3v) is 6.31. The van der Waals surface area contributed by atoms with Crippen LogP contribution in [-0.2, 0) is 25.5 Å². The number of fused-ring (bicyclic) bond motifs is 2. The number of hydrogen-bond acceptors (Lipinski definition) is 8. The summed E-state index contributed by atoms with van der Waals surface area (Å²) in [6.07, 6.45) is 8.46. The molecule has 0 aliphatic carbocycles. The maximum absolute atomic E-state index is 12.9. The summed E-state index contributed by atoms with van der Waals surface area (Å²) >= 11 is 6.33. The number of phenols is 2. The Hall–Kier alpha value is -3.04. The molecule has 0 saturated carbocycles. The SMILES string of the molecule is CC1CC2OC2C=CC=CC(=NOCCN2CCCC2=O)Cc2c(Cl)c(O)cc(O)c2C(=O)O1. The second-order valence-electron chi connectivity index (χ2n) is 8.49. The largest absolute Gasteiger partial charge is 0.507 e. The number of phenolic OH excluding ortho intramolecular Hbond substituents is 2. The molecule has 2 saturated heterocycles. The van der Waals surface area contributed by atoms with Crippen LogP contribution in [0.2, 0.25) is 5.02 Å². The zero-order chi connectivity index (χ0) is 24.2. The maximum atomic E-state index is 12.9. The molecule has 2 N–H and O–H groups in total. The van der Waals surface area contributed by atoms with E-state index in [1.165, 1.54) is 0 Å². The number of amides is 1. The number of aromatic hydroxyl groups is 2. The second kappa shape index (κ2) is 10.5. The van der Waals surface area contributed by atoms with Gasteiger partial charge in [0.15, 0.2) is 0 Å². The number of allylic oxidation sites excluding steroid dienone is 3. The summed E-state index contributed by atoms with van der Waals surface area (Å²) in [5, 5.41) is 24.7. The molecule has 34 heavy (non-hydrogen) atoms. The van der Waals surface area contributed by atoms with E-state index in [9.17, 15) is 19.8 Å². The number of benzene rings is 1. The van der Waals surface area contributed by atoms with E-state index in [1.807, 2.05) is 12.2 Å². The van der Waals surface area contributed by atoms with Crippen LogP contribution < -0.4 is 0 Å². The molecule has 3 aliphatic rings. The monoisotopic (exact) mass is 490 g/mol. The Morgan fingerprint density at radius 2 is 2.09 bits per heavy atom. The molecular weight excluding hydrogens is 464 g/mol. The number of carbonyl (C=O) groups is 2. The van der Waals surface area contributed by atoms with Crippen LogP contribution in [0.15, 0.2) is 35.5 Å². The molecular formula is C24H27ClN2O7. The van der Waals surface area contributed by atoms with Crippen LogP contribution in [0.4, 0.5) is 0 Å². The van der Waals surface area contributed by atoms with Gasteiger partial charge in [0.2, 0.25) is 5.91 Å². The van der Waals surface area contributed by atoms with Gasteiger partial charge in [-0.2, -0.15) is 0 Å². The normalized spacial score (nSPS) is 26.1. The highest BCUT2D eigenvalue weighted by Gasteiger charge is 2.38. The van der Waals surface area contributed by atoms with Gasteiger partial charge in [-0.05, 0) is 25.0 Å². The Morgan fingerprint density at radius 1 is 1.26 bits per heavy atom. The number of nitrogens with zero attached hydrogens (tertiary/aromatic N) is 2. The van der Waals surface area contributed by atoms with E-state index >= 15 is 0 Å². The van der Waals surface area contributed by atoms with Crippen LogP contribution in [0.25, 0.3) is 0 Å². The standard InChI is InChI=1S/C24H27ClN2O7/c1-14-11-20-19(34-20)6-3-2-5-15(26-32-10-9-27-8-4-7-21(27)30)12-16-22(24(31)33-14)17(28)13-18(29)23(16)25/h2-3,5-6,13-14,19-20,28-29H,4,7-12H2,1H3. The van der Waals surface area contributed by atoms with Gasteiger partial charge >= 0.3 is 5.97 Å². The first-order valence-electron chi connectivity index (χ1n) is 11.2. The lowest BCUT2D eigenvalue weighted by molar-refractivity contribution is -0.128. The Kier molecular flexibility index (Phi) is 7.43. The van der Waals surface area contributed by atoms with Crippen LogP contribution in [0.1, 0.15) is 42.1 Å². The number of oxime groups is 1. The molecule has 2 fully saturated rings. The molecule has 0 aromatic heterocycles. The highest BCUT2D eigenvalue weighted by molar-refractivity contribution is 6.33. The van der Waals surface area contributed by atoms with Gasteiger partial charge in [0, 0.05) is 31.9 Å². The van der Waals surface area contributed by atoms with Crippen molar-refractivity contribution in [3.05, 3.63) is 46.5 Å². The van der Waals surface area contributed by atoms with E-state index < -0.39 is 17.8 Å². The Balaban J connectivity index is 1.61. The fraction of sp³-hybridized carbons (Fsp3) is 0.458. The maximum Gasteiger partial charge on any atom is 0.342 e. The van der Waals surface area contributed by atoms with Crippen molar-refractivity contribution in [1.82, 2.24) is 4.90 Å². The predicted octanol–water partition coefficient (Wildman–Crippen LogP) is 3.12. The van der Waals surface area contributed by atoms with Gasteiger partial charge in [0.05, 0.1) is 23.4 Å². The number of carbonyl (C=O) groups excluding carboxylic acids is 2. The summed E-state index contributed by atoms with van der Waals surface area (Å²) in [4.78, 5) is 31.9. The van der Waals surface area contributed by atoms with Crippen LogP contribution in [0.3, 0.4) is 0 Å². The summed E-state index contributed by atoms with van der Waals surface area (Å²) < 4.78 is 11.1. The smallest absolute Gasteiger partial charge is 0.342 e. The van der Waals surface area contributed by atoms with Crippen molar-refractivity contribution >= 4 is 29.2 Å². The molecule has 0 bridgehead atoms. The molecule has 9 nitrogen and oxygen atoms in total. The number of epoxide rings is 1. The Labute approximate surface area is 202 Å². The highest BCUT2D eigenvalue weighted by Crippen LogP contribution is 2.38. The Bertz CT molecular complexity index is 1050. The zero-order valence-corrected chi connectivity index (χ0v) is 19.5.